The van der Waals surface area contributed by atoms with Crippen LogP contribution in [0.1, 0.15) is 24.8 Å². The Bertz CT molecular complexity index is 669. The minimum absolute atomic E-state index is 0.106. The van der Waals surface area contributed by atoms with Crippen molar-refractivity contribution in [1.29, 1.82) is 0 Å². The number of halogens is 1. The predicted octanol–water partition coefficient (Wildman–Crippen LogP) is 1.93. The van der Waals surface area contributed by atoms with E-state index in [1.165, 1.54) is 18.5 Å². The molecule has 7 heteroatoms. The smallest absolute Gasteiger partial charge is 0.302 e. The SMILES string of the molecule is O=C1CC(CS(=O)(=O)F)CN1Cc1ccc(N2CCCC2)cc1. The first-order valence-corrected chi connectivity index (χ1v) is 9.50. The molecule has 1 aromatic rings. The number of nitrogens with zero attached hydrogens (tertiary/aromatic N) is 2. The molecule has 1 aromatic carbocycles. The monoisotopic (exact) mass is 340 g/mol. The molecule has 2 aliphatic heterocycles. The Labute approximate surface area is 136 Å². The van der Waals surface area contributed by atoms with Crippen molar-refractivity contribution in [2.45, 2.75) is 25.8 Å². The average Bonchev–Trinajstić information content (AvgIpc) is 3.09. The van der Waals surface area contributed by atoms with Crippen molar-refractivity contribution < 1.29 is 17.1 Å². The van der Waals surface area contributed by atoms with Gasteiger partial charge in [0.2, 0.25) is 5.91 Å². The summed E-state index contributed by atoms with van der Waals surface area (Å²) < 4.78 is 34.2. The highest BCUT2D eigenvalue weighted by molar-refractivity contribution is 7.86. The van der Waals surface area contributed by atoms with E-state index < -0.39 is 21.9 Å². The normalized spacial score (nSPS) is 22.1. The minimum Gasteiger partial charge on any atom is -0.372 e. The number of benzene rings is 1. The van der Waals surface area contributed by atoms with E-state index in [1.54, 1.807) is 4.90 Å². The Morgan fingerprint density at radius 2 is 1.78 bits per heavy atom. The van der Waals surface area contributed by atoms with Gasteiger partial charge in [-0.1, -0.05) is 12.1 Å². The fourth-order valence-corrected chi connectivity index (χ4v) is 4.19. The molecule has 0 saturated carbocycles. The number of likely N-dealkylation sites (tertiary alicyclic amines) is 1. The fourth-order valence-electron chi connectivity index (χ4n) is 3.41. The summed E-state index contributed by atoms with van der Waals surface area (Å²) in [5.74, 6) is -1.12. The van der Waals surface area contributed by atoms with Crippen LogP contribution in [-0.2, 0) is 21.6 Å². The molecule has 0 spiro atoms. The van der Waals surface area contributed by atoms with Gasteiger partial charge in [0.05, 0.1) is 5.75 Å². The first kappa shape index (κ1) is 16.2. The molecule has 0 aromatic heterocycles. The van der Waals surface area contributed by atoms with Crippen molar-refractivity contribution >= 4 is 21.8 Å². The van der Waals surface area contributed by atoms with Gasteiger partial charge in [-0.05, 0) is 30.5 Å². The van der Waals surface area contributed by atoms with Crippen molar-refractivity contribution in [3.63, 3.8) is 0 Å². The molecule has 2 saturated heterocycles. The van der Waals surface area contributed by atoms with Gasteiger partial charge in [-0.2, -0.15) is 8.42 Å². The lowest BCUT2D eigenvalue weighted by Gasteiger charge is -2.19. The highest BCUT2D eigenvalue weighted by Gasteiger charge is 2.32. The van der Waals surface area contributed by atoms with E-state index >= 15 is 0 Å². The number of anilines is 1. The summed E-state index contributed by atoms with van der Waals surface area (Å²) >= 11 is 0. The summed E-state index contributed by atoms with van der Waals surface area (Å²) in [6, 6.07) is 8.12. The summed E-state index contributed by atoms with van der Waals surface area (Å²) in [4.78, 5) is 15.9. The number of rotatable bonds is 5. The molecule has 2 fully saturated rings. The van der Waals surface area contributed by atoms with Gasteiger partial charge in [0.25, 0.3) is 0 Å². The lowest BCUT2D eigenvalue weighted by Crippen LogP contribution is -2.25. The van der Waals surface area contributed by atoms with E-state index in [-0.39, 0.29) is 12.3 Å². The van der Waals surface area contributed by atoms with Gasteiger partial charge in [-0.15, -0.1) is 3.89 Å². The second-order valence-corrected chi connectivity index (χ2v) is 7.82. The Morgan fingerprint density at radius 1 is 1.13 bits per heavy atom. The van der Waals surface area contributed by atoms with Crippen LogP contribution in [0.25, 0.3) is 0 Å². The molecule has 5 nitrogen and oxygen atoms in total. The zero-order valence-corrected chi connectivity index (χ0v) is 13.8. The molecule has 1 unspecified atom stereocenters. The number of hydrogen-bond acceptors (Lipinski definition) is 4. The highest BCUT2D eigenvalue weighted by atomic mass is 32.3. The third-order valence-electron chi connectivity index (χ3n) is 4.51. The Balaban J connectivity index is 1.59. The van der Waals surface area contributed by atoms with Gasteiger partial charge in [0, 0.05) is 44.2 Å². The molecule has 0 bridgehead atoms. The highest BCUT2D eigenvalue weighted by Crippen LogP contribution is 2.24. The van der Waals surface area contributed by atoms with Crippen molar-refractivity contribution in [3.8, 4) is 0 Å². The molecule has 1 atom stereocenters. The Kier molecular flexibility index (Phi) is 4.57. The van der Waals surface area contributed by atoms with Crippen LogP contribution in [-0.4, -0.2) is 44.6 Å². The van der Waals surface area contributed by atoms with Crippen LogP contribution in [0.3, 0.4) is 0 Å². The molecule has 23 heavy (non-hydrogen) atoms. The zero-order chi connectivity index (χ0) is 16.4. The van der Waals surface area contributed by atoms with Crippen LogP contribution < -0.4 is 4.90 Å². The molecule has 1 amide bonds. The van der Waals surface area contributed by atoms with Crippen LogP contribution >= 0.6 is 0 Å². The average molecular weight is 340 g/mol. The number of carbonyl (C=O) groups excluding carboxylic acids is 1. The number of hydrogen-bond donors (Lipinski definition) is 0. The standard InChI is InChI=1S/C16H21FN2O3S/c17-23(21,22)12-14-9-16(20)19(11-14)10-13-3-5-15(6-4-13)18-7-1-2-8-18/h3-6,14H,1-2,7-12H2. The predicted molar refractivity (Wildman–Crippen MR) is 86.3 cm³/mol. The van der Waals surface area contributed by atoms with E-state index in [2.05, 4.69) is 17.0 Å². The van der Waals surface area contributed by atoms with E-state index in [1.807, 2.05) is 12.1 Å². The molecule has 0 radical (unpaired) electrons. The van der Waals surface area contributed by atoms with Gasteiger partial charge in [0.15, 0.2) is 0 Å². The van der Waals surface area contributed by atoms with Gasteiger partial charge in [-0.3, -0.25) is 4.79 Å². The molecular formula is C16H21FN2O3S. The lowest BCUT2D eigenvalue weighted by atomic mass is 10.1. The second-order valence-electron chi connectivity index (χ2n) is 6.41. The summed E-state index contributed by atoms with van der Waals surface area (Å²) in [6.07, 6.45) is 2.56. The number of amides is 1. The van der Waals surface area contributed by atoms with Gasteiger partial charge in [0.1, 0.15) is 0 Å². The maximum atomic E-state index is 12.8. The van der Waals surface area contributed by atoms with E-state index in [0.717, 1.165) is 18.7 Å². The third-order valence-corrected chi connectivity index (χ3v) is 5.38. The van der Waals surface area contributed by atoms with Gasteiger partial charge >= 0.3 is 10.2 Å². The van der Waals surface area contributed by atoms with E-state index in [9.17, 15) is 17.1 Å². The van der Waals surface area contributed by atoms with E-state index in [4.69, 9.17) is 0 Å². The summed E-state index contributed by atoms with van der Waals surface area (Å²) in [6.45, 7) is 2.92. The zero-order valence-electron chi connectivity index (χ0n) is 12.9. The van der Waals surface area contributed by atoms with Crippen LogP contribution in [0.5, 0.6) is 0 Å². The molecule has 2 heterocycles. The first-order chi connectivity index (χ1) is 10.9. The molecule has 0 N–H and O–H groups in total. The van der Waals surface area contributed by atoms with Crippen LogP contribution in [0.2, 0.25) is 0 Å². The molecular weight excluding hydrogens is 319 g/mol. The van der Waals surface area contributed by atoms with E-state index in [0.29, 0.717) is 13.1 Å². The number of carbonyl (C=O) groups is 1. The molecule has 3 rings (SSSR count). The summed E-state index contributed by atoms with van der Waals surface area (Å²) in [5.41, 5.74) is 2.20. The van der Waals surface area contributed by atoms with Gasteiger partial charge < -0.3 is 9.80 Å². The topological polar surface area (TPSA) is 57.7 Å². The molecule has 0 aliphatic carbocycles. The van der Waals surface area contributed by atoms with Crippen molar-refractivity contribution in [2.75, 3.05) is 30.3 Å². The lowest BCUT2D eigenvalue weighted by molar-refractivity contribution is -0.128. The van der Waals surface area contributed by atoms with Crippen molar-refractivity contribution in [2.24, 2.45) is 5.92 Å². The second kappa shape index (κ2) is 6.47. The summed E-state index contributed by atoms with van der Waals surface area (Å²) in [7, 11) is -4.53. The Hall–Kier alpha value is -1.63. The maximum Gasteiger partial charge on any atom is 0.302 e. The Morgan fingerprint density at radius 3 is 2.39 bits per heavy atom. The van der Waals surface area contributed by atoms with Crippen molar-refractivity contribution in [3.05, 3.63) is 29.8 Å². The first-order valence-electron chi connectivity index (χ1n) is 7.95. The fraction of sp³-hybridized carbons (Fsp3) is 0.562. The third kappa shape index (κ3) is 4.22. The quantitative estimate of drug-likeness (QED) is 0.769. The van der Waals surface area contributed by atoms with Crippen LogP contribution in [0.15, 0.2) is 24.3 Å². The van der Waals surface area contributed by atoms with Gasteiger partial charge in [-0.25, -0.2) is 0 Å². The van der Waals surface area contributed by atoms with Crippen LogP contribution in [0.4, 0.5) is 9.57 Å². The largest absolute Gasteiger partial charge is 0.372 e. The minimum atomic E-state index is -4.53. The summed E-state index contributed by atoms with van der Waals surface area (Å²) in [5, 5.41) is 0. The maximum absolute atomic E-state index is 12.8. The van der Waals surface area contributed by atoms with Crippen molar-refractivity contribution in [1.82, 2.24) is 4.90 Å². The van der Waals surface area contributed by atoms with Crippen LogP contribution in [0, 0.1) is 5.92 Å². The molecule has 126 valence electrons. The molecule has 2 aliphatic rings.